The Balaban J connectivity index is 2.45. The molecule has 0 unspecified atom stereocenters. The van der Waals surface area contributed by atoms with E-state index in [0.29, 0.717) is 10.9 Å². The number of ether oxygens (including phenoxy) is 2. The maximum atomic E-state index is 13.8. The second kappa shape index (κ2) is 5.52. The summed E-state index contributed by atoms with van der Waals surface area (Å²) in [6.07, 6.45) is 1.55. The molecule has 2 rings (SSSR count). The Morgan fingerprint density at radius 1 is 1.32 bits per heavy atom. The van der Waals surface area contributed by atoms with Gasteiger partial charge in [-0.3, -0.25) is 0 Å². The fourth-order valence-electron chi connectivity index (χ4n) is 1.75. The van der Waals surface area contributed by atoms with Crippen molar-refractivity contribution >= 4 is 16.7 Å². The standard InChI is InChI=1S/C15H13FO3/c1-3-6-19-14-9-10-4-5-11(15(17)18-2)7-12(10)8-13(14)16/h3-5,7-9H,1,6H2,2H3. The fourth-order valence-corrected chi connectivity index (χ4v) is 1.75. The molecule has 0 saturated carbocycles. The van der Waals surface area contributed by atoms with Crippen molar-refractivity contribution < 1.29 is 18.7 Å². The van der Waals surface area contributed by atoms with Crippen LogP contribution < -0.4 is 4.74 Å². The molecule has 0 radical (unpaired) electrons. The summed E-state index contributed by atoms with van der Waals surface area (Å²) in [7, 11) is 1.30. The molecule has 0 fully saturated rings. The van der Waals surface area contributed by atoms with Gasteiger partial charge in [-0.1, -0.05) is 18.7 Å². The third kappa shape index (κ3) is 2.73. The van der Waals surface area contributed by atoms with Gasteiger partial charge in [0.15, 0.2) is 11.6 Å². The molecule has 4 heteroatoms. The van der Waals surface area contributed by atoms with Crippen LogP contribution in [0.3, 0.4) is 0 Å². The quantitative estimate of drug-likeness (QED) is 0.624. The van der Waals surface area contributed by atoms with E-state index in [2.05, 4.69) is 11.3 Å². The first-order valence-electron chi connectivity index (χ1n) is 5.71. The molecule has 0 spiro atoms. The first-order chi connectivity index (χ1) is 9.15. The molecule has 2 aromatic carbocycles. The molecule has 0 atom stereocenters. The van der Waals surface area contributed by atoms with Gasteiger partial charge in [0.1, 0.15) is 6.61 Å². The van der Waals surface area contributed by atoms with Crippen molar-refractivity contribution in [3.05, 3.63) is 54.4 Å². The Labute approximate surface area is 110 Å². The van der Waals surface area contributed by atoms with Gasteiger partial charge in [-0.25, -0.2) is 9.18 Å². The van der Waals surface area contributed by atoms with Crippen molar-refractivity contribution in [2.75, 3.05) is 13.7 Å². The van der Waals surface area contributed by atoms with Crippen molar-refractivity contribution in [3.8, 4) is 5.75 Å². The molecule has 98 valence electrons. The van der Waals surface area contributed by atoms with Gasteiger partial charge < -0.3 is 9.47 Å². The van der Waals surface area contributed by atoms with Crippen LogP contribution in [-0.2, 0) is 4.74 Å². The molecule has 0 amide bonds. The van der Waals surface area contributed by atoms with E-state index in [4.69, 9.17) is 4.74 Å². The lowest BCUT2D eigenvalue weighted by molar-refractivity contribution is 0.0601. The Hall–Kier alpha value is -2.36. The van der Waals surface area contributed by atoms with Gasteiger partial charge in [0.2, 0.25) is 0 Å². The molecule has 0 bridgehead atoms. The van der Waals surface area contributed by atoms with E-state index in [-0.39, 0.29) is 12.4 Å². The number of esters is 1. The highest BCUT2D eigenvalue weighted by atomic mass is 19.1. The van der Waals surface area contributed by atoms with E-state index in [9.17, 15) is 9.18 Å². The highest BCUT2D eigenvalue weighted by molar-refractivity contribution is 5.95. The van der Waals surface area contributed by atoms with Crippen LogP contribution in [0.4, 0.5) is 4.39 Å². The number of fused-ring (bicyclic) bond motifs is 1. The minimum atomic E-state index is -0.476. The highest BCUT2D eigenvalue weighted by Gasteiger charge is 2.09. The average molecular weight is 260 g/mol. The lowest BCUT2D eigenvalue weighted by atomic mass is 10.1. The van der Waals surface area contributed by atoms with E-state index in [0.717, 1.165) is 5.39 Å². The molecular formula is C15H13FO3. The zero-order valence-electron chi connectivity index (χ0n) is 10.5. The molecule has 0 aliphatic carbocycles. The fraction of sp³-hybridized carbons (Fsp3) is 0.133. The van der Waals surface area contributed by atoms with E-state index in [1.54, 1.807) is 30.3 Å². The summed E-state index contributed by atoms with van der Waals surface area (Å²) < 4.78 is 23.6. The zero-order chi connectivity index (χ0) is 13.8. The van der Waals surface area contributed by atoms with Crippen LogP contribution in [0.2, 0.25) is 0 Å². The van der Waals surface area contributed by atoms with Gasteiger partial charge in [-0.05, 0) is 35.0 Å². The Morgan fingerprint density at radius 3 is 2.79 bits per heavy atom. The van der Waals surface area contributed by atoms with Crippen LogP contribution in [0.5, 0.6) is 5.75 Å². The first-order valence-corrected chi connectivity index (χ1v) is 5.71. The topological polar surface area (TPSA) is 35.5 Å². The summed E-state index contributed by atoms with van der Waals surface area (Å²) >= 11 is 0. The maximum Gasteiger partial charge on any atom is 0.337 e. The highest BCUT2D eigenvalue weighted by Crippen LogP contribution is 2.26. The summed E-state index contributed by atoms with van der Waals surface area (Å²) in [6.45, 7) is 3.75. The van der Waals surface area contributed by atoms with Crippen LogP contribution in [0.1, 0.15) is 10.4 Å². The SMILES string of the molecule is C=CCOc1cc2ccc(C(=O)OC)cc2cc1F. The van der Waals surface area contributed by atoms with Crippen LogP contribution in [-0.4, -0.2) is 19.7 Å². The number of benzene rings is 2. The monoisotopic (exact) mass is 260 g/mol. The first kappa shape index (κ1) is 13.1. The van der Waals surface area contributed by atoms with Gasteiger partial charge >= 0.3 is 5.97 Å². The van der Waals surface area contributed by atoms with Crippen LogP contribution in [0.25, 0.3) is 10.8 Å². The largest absolute Gasteiger partial charge is 0.486 e. The van der Waals surface area contributed by atoms with Crippen molar-refractivity contribution in [3.63, 3.8) is 0 Å². The van der Waals surface area contributed by atoms with Gasteiger partial charge in [0.05, 0.1) is 12.7 Å². The van der Waals surface area contributed by atoms with Gasteiger partial charge in [0, 0.05) is 0 Å². The maximum absolute atomic E-state index is 13.8. The van der Waals surface area contributed by atoms with Crippen molar-refractivity contribution in [1.29, 1.82) is 0 Å². The van der Waals surface area contributed by atoms with Crippen LogP contribution in [0.15, 0.2) is 43.0 Å². The molecule has 0 N–H and O–H groups in total. The number of hydrogen-bond acceptors (Lipinski definition) is 3. The van der Waals surface area contributed by atoms with Gasteiger partial charge in [-0.15, -0.1) is 0 Å². The van der Waals surface area contributed by atoms with Gasteiger partial charge in [-0.2, -0.15) is 0 Å². The predicted molar refractivity (Wildman–Crippen MR) is 70.9 cm³/mol. The number of halogens is 1. The number of carbonyl (C=O) groups excluding carboxylic acids is 1. The minimum absolute atomic E-state index is 0.165. The molecule has 0 heterocycles. The summed E-state index contributed by atoms with van der Waals surface area (Å²) in [5, 5.41) is 1.40. The number of rotatable bonds is 4. The normalized spacial score (nSPS) is 10.2. The van der Waals surface area contributed by atoms with Crippen LogP contribution in [0, 0.1) is 5.82 Å². The second-order valence-corrected chi connectivity index (χ2v) is 3.94. The molecule has 0 aliphatic heterocycles. The minimum Gasteiger partial charge on any atom is -0.486 e. The third-order valence-electron chi connectivity index (χ3n) is 2.67. The van der Waals surface area contributed by atoms with Crippen LogP contribution >= 0.6 is 0 Å². The lowest BCUT2D eigenvalue weighted by Gasteiger charge is -2.07. The lowest BCUT2D eigenvalue weighted by Crippen LogP contribution is -2.01. The molecule has 0 aliphatic rings. The number of hydrogen-bond donors (Lipinski definition) is 0. The molecule has 19 heavy (non-hydrogen) atoms. The summed E-state index contributed by atoms with van der Waals surface area (Å²) in [5.41, 5.74) is 0.383. The average Bonchev–Trinajstić information content (AvgIpc) is 2.43. The van der Waals surface area contributed by atoms with E-state index in [1.165, 1.54) is 13.2 Å². The summed E-state index contributed by atoms with van der Waals surface area (Å²) in [5.74, 6) is -0.760. The molecular weight excluding hydrogens is 247 g/mol. The number of methoxy groups -OCH3 is 1. The Kier molecular flexibility index (Phi) is 3.80. The Bertz CT molecular complexity index is 635. The third-order valence-corrected chi connectivity index (χ3v) is 2.67. The molecule has 2 aromatic rings. The van der Waals surface area contributed by atoms with Crippen molar-refractivity contribution in [1.82, 2.24) is 0 Å². The van der Waals surface area contributed by atoms with Crippen molar-refractivity contribution in [2.24, 2.45) is 0 Å². The molecule has 0 saturated heterocycles. The van der Waals surface area contributed by atoms with Crippen molar-refractivity contribution in [2.45, 2.75) is 0 Å². The van der Waals surface area contributed by atoms with E-state index >= 15 is 0 Å². The summed E-state index contributed by atoms with van der Waals surface area (Å²) in [4.78, 5) is 11.4. The summed E-state index contributed by atoms with van der Waals surface area (Å²) in [6, 6.07) is 7.86. The predicted octanol–water partition coefficient (Wildman–Crippen LogP) is 3.33. The molecule has 0 aromatic heterocycles. The van der Waals surface area contributed by atoms with E-state index < -0.39 is 11.8 Å². The number of carbonyl (C=O) groups is 1. The molecule has 3 nitrogen and oxygen atoms in total. The smallest absolute Gasteiger partial charge is 0.337 e. The second-order valence-electron chi connectivity index (χ2n) is 3.94. The Morgan fingerprint density at radius 2 is 2.11 bits per heavy atom. The van der Waals surface area contributed by atoms with E-state index in [1.807, 2.05) is 0 Å². The van der Waals surface area contributed by atoms with Gasteiger partial charge in [0.25, 0.3) is 0 Å². The zero-order valence-corrected chi connectivity index (χ0v) is 10.5.